The van der Waals surface area contributed by atoms with Gasteiger partial charge in [0.1, 0.15) is 24.0 Å². The lowest BCUT2D eigenvalue weighted by molar-refractivity contribution is 0.102. The summed E-state index contributed by atoms with van der Waals surface area (Å²) in [5, 5.41) is 15.1. The van der Waals surface area contributed by atoms with Crippen LogP contribution in [-0.2, 0) is 11.3 Å². The van der Waals surface area contributed by atoms with Crippen molar-refractivity contribution in [2.75, 3.05) is 55.0 Å². The van der Waals surface area contributed by atoms with E-state index in [9.17, 15) is 9.18 Å². The van der Waals surface area contributed by atoms with Gasteiger partial charge in [-0.3, -0.25) is 4.79 Å². The van der Waals surface area contributed by atoms with Gasteiger partial charge in [-0.1, -0.05) is 11.6 Å². The Morgan fingerprint density at radius 2 is 2.00 bits per heavy atom. The van der Waals surface area contributed by atoms with Gasteiger partial charge in [0.2, 0.25) is 0 Å². The fourth-order valence-corrected chi connectivity index (χ4v) is 3.76. The quantitative estimate of drug-likeness (QED) is 0.409. The maximum absolute atomic E-state index is 14.3. The molecule has 0 atom stereocenters. The average molecular weight is 501 g/mol. The van der Waals surface area contributed by atoms with Crippen LogP contribution in [0.2, 0.25) is 5.02 Å². The Labute approximate surface area is 207 Å². The third-order valence-electron chi connectivity index (χ3n) is 5.37. The predicted octanol–water partition coefficient (Wildman–Crippen LogP) is 3.95. The first kappa shape index (κ1) is 24.7. The number of pyridine rings is 1. The molecule has 4 rings (SSSR count). The molecule has 1 aromatic heterocycles. The molecule has 35 heavy (non-hydrogen) atoms. The van der Waals surface area contributed by atoms with E-state index in [2.05, 4.69) is 15.6 Å². The van der Waals surface area contributed by atoms with Crippen LogP contribution >= 0.6 is 11.6 Å². The fourth-order valence-electron chi connectivity index (χ4n) is 3.59. The van der Waals surface area contributed by atoms with E-state index >= 15 is 0 Å². The number of aliphatic hydroxyl groups is 1. The summed E-state index contributed by atoms with van der Waals surface area (Å²) in [6.45, 7) is 2.99. The molecule has 0 unspecified atom stereocenters. The fraction of sp³-hybridized carbons (Fsp3) is 0.280. The normalized spacial score (nSPS) is 13.4. The zero-order valence-electron chi connectivity index (χ0n) is 19.0. The molecule has 1 aliphatic heterocycles. The number of nitrogens with one attached hydrogen (secondary N) is 2. The summed E-state index contributed by atoms with van der Waals surface area (Å²) in [5.41, 5.74) is 2.05. The number of halogens is 2. The first-order valence-corrected chi connectivity index (χ1v) is 11.6. The number of morpholine rings is 1. The minimum atomic E-state index is -0.476. The van der Waals surface area contributed by atoms with Gasteiger partial charge in [0, 0.05) is 47.2 Å². The molecule has 2 aromatic carbocycles. The Morgan fingerprint density at radius 1 is 1.17 bits per heavy atom. The Bertz CT molecular complexity index is 1160. The van der Waals surface area contributed by atoms with E-state index in [0.29, 0.717) is 66.4 Å². The molecule has 0 aliphatic carbocycles. The molecule has 0 saturated carbocycles. The molecule has 1 aliphatic rings. The van der Waals surface area contributed by atoms with Crippen LogP contribution in [0, 0.1) is 5.82 Å². The van der Waals surface area contributed by atoms with Crippen molar-refractivity contribution in [3.05, 3.63) is 76.7 Å². The van der Waals surface area contributed by atoms with Crippen LogP contribution in [0.4, 0.5) is 21.6 Å². The number of aromatic nitrogens is 1. The van der Waals surface area contributed by atoms with E-state index in [1.54, 1.807) is 42.6 Å². The molecule has 1 fully saturated rings. The maximum atomic E-state index is 14.3. The molecule has 8 nitrogen and oxygen atoms in total. The number of hydrogen-bond acceptors (Lipinski definition) is 7. The van der Waals surface area contributed by atoms with Crippen molar-refractivity contribution in [2.24, 2.45) is 0 Å². The molecular weight excluding hydrogens is 475 g/mol. The molecule has 0 spiro atoms. The molecular formula is C25H26ClFN4O4. The zero-order valence-corrected chi connectivity index (χ0v) is 19.7. The molecule has 0 bridgehead atoms. The van der Waals surface area contributed by atoms with E-state index in [1.165, 1.54) is 12.1 Å². The second-order valence-corrected chi connectivity index (χ2v) is 8.28. The van der Waals surface area contributed by atoms with E-state index in [4.69, 9.17) is 26.2 Å². The summed E-state index contributed by atoms with van der Waals surface area (Å²) >= 11 is 6.32. The van der Waals surface area contributed by atoms with Crippen LogP contribution in [-0.4, -0.2) is 55.5 Å². The highest BCUT2D eigenvalue weighted by molar-refractivity contribution is 6.31. The highest BCUT2D eigenvalue weighted by Crippen LogP contribution is 2.25. The number of nitrogens with zero attached hydrogens (tertiary/aromatic N) is 2. The number of hydrogen-bond donors (Lipinski definition) is 3. The van der Waals surface area contributed by atoms with Crippen molar-refractivity contribution in [1.29, 1.82) is 0 Å². The third kappa shape index (κ3) is 6.82. The molecule has 1 saturated heterocycles. The van der Waals surface area contributed by atoms with Crippen LogP contribution in [0.15, 0.2) is 54.7 Å². The summed E-state index contributed by atoms with van der Waals surface area (Å²) in [6.07, 6.45) is 1.56. The molecule has 3 aromatic rings. The number of rotatable bonds is 9. The van der Waals surface area contributed by atoms with Crippen molar-refractivity contribution < 1.29 is 23.8 Å². The van der Waals surface area contributed by atoms with E-state index in [1.807, 2.05) is 4.90 Å². The van der Waals surface area contributed by atoms with Crippen LogP contribution in [0.3, 0.4) is 0 Å². The van der Waals surface area contributed by atoms with Crippen molar-refractivity contribution >= 4 is 34.7 Å². The predicted molar refractivity (Wildman–Crippen MR) is 133 cm³/mol. The second kappa shape index (κ2) is 11.8. The standard InChI is InChI=1S/C25H26ClFN4O4/c26-23-3-1-20(12-18(23)16-35-22-2-4-24(29-15-22)28-5-8-32)30-25(33)17-11-19(27)14-21(13-17)31-6-9-34-10-7-31/h1-4,11-15,32H,5-10,16H2,(H,28,29)(H,30,33). The number of carbonyl (C=O) groups is 1. The lowest BCUT2D eigenvalue weighted by Gasteiger charge is -2.29. The number of benzene rings is 2. The first-order chi connectivity index (χ1) is 17.0. The van der Waals surface area contributed by atoms with E-state index in [0.717, 1.165) is 0 Å². The first-order valence-electron chi connectivity index (χ1n) is 11.2. The average Bonchev–Trinajstić information content (AvgIpc) is 2.88. The van der Waals surface area contributed by atoms with Gasteiger partial charge >= 0.3 is 0 Å². The summed E-state index contributed by atoms with van der Waals surface area (Å²) in [4.78, 5) is 19.1. The summed E-state index contributed by atoms with van der Waals surface area (Å²) in [5.74, 6) is 0.266. The summed E-state index contributed by atoms with van der Waals surface area (Å²) in [6, 6.07) is 12.9. The lowest BCUT2D eigenvalue weighted by Crippen LogP contribution is -2.36. The van der Waals surface area contributed by atoms with E-state index < -0.39 is 11.7 Å². The molecule has 184 valence electrons. The van der Waals surface area contributed by atoms with Gasteiger partial charge in [-0.25, -0.2) is 9.37 Å². The number of anilines is 3. The number of carbonyl (C=O) groups excluding carboxylic acids is 1. The summed E-state index contributed by atoms with van der Waals surface area (Å²) < 4.78 is 25.4. The van der Waals surface area contributed by atoms with Crippen LogP contribution < -0.4 is 20.3 Å². The van der Waals surface area contributed by atoms with Crippen LogP contribution in [0.1, 0.15) is 15.9 Å². The zero-order chi connectivity index (χ0) is 24.6. The monoisotopic (exact) mass is 500 g/mol. The Hall–Kier alpha value is -3.40. The minimum Gasteiger partial charge on any atom is -0.487 e. The Kier molecular flexibility index (Phi) is 8.36. The number of amides is 1. The lowest BCUT2D eigenvalue weighted by atomic mass is 10.1. The highest BCUT2D eigenvalue weighted by atomic mass is 35.5. The van der Waals surface area contributed by atoms with Gasteiger partial charge in [0.25, 0.3) is 5.91 Å². The van der Waals surface area contributed by atoms with Crippen LogP contribution in [0.5, 0.6) is 5.75 Å². The maximum Gasteiger partial charge on any atom is 0.255 e. The molecule has 1 amide bonds. The van der Waals surface area contributed by atoms with Crippen molar-refractivity contribution in [1.82, 2.24) is 4.98 Å². The van der Waals surface area contributed by atoms with Crippen molar-refractivity contribution in [3.8, 4) is 5.75 Å². The smallest absolute Gasteiger partial charge is 0.255 e. The summed E-state index contributed by atoms with van der Waals surface area (Å²) in [7, 11) is 0. The van der Waals surface area contributed by atoms with Crippen LogP contribution in [0.25, 0.3) is 0 Å². The Morgan fingerprint density at radius 3 is 2.74 bits per heavy atom. The molecule has 2 heterocycles. The highest BCUT2D eigenvalue weighted by Gasteiger charge is 2.16. The second-order valence-electron chi connectivity index (χ2n) is 7.88. The molecule has 3 N–H and O–H groups in total. The minimum absolute atomic E-state index is 0.0135. The van der Waals surface area contributed by atoms with Gasteiger partial charge in [0.05, 0.1) is 26.0 Å². The number of aliphatic hydroxyl groups excluding tert-OH is 1. The van der Waals surface area contributed by atoms with Gasteiger partial charge in [-0.15, -0.1) is 0 Å². The van der Waals surface area contributed by atoms with Gasteiger partial charge in [-0.2, -0.15) is 0 Å². The topological polar surface area (TPSA) is 96.0 Å². The van der Waals surface area contributed by atoms with Gasteiger partial charge in [-0.05, 0) is 48.5 Å². The van der Waals surface area contributed by atoms with Crippen molar-refractivity contribution in [3.63, 3.8) is 0 Å². The van der Waals surface area contributed by atoms with E-state index in [-0.39, 0.29) is 18.8 Å². The van der Waals surface area contributed by atoms with Gasteiger partial charge < -0.3 is 30.1 Å². The molecule has 10 heteroatoms. The van der Waals surface area contributed by atoms with Gasteiger partial charge in [0.15, 0.2) is 0 Å². The number of ether oxygens (including phenoxy) is 2. The third-order valence-corrected chi connectivity index (χ3v) is 5.74. The Balaban J connectivity index is 1.41. The van der Waals surface area contributed by atoms with Crippen molar-refractivity contribution in [2.45, 2.75) is 6.61 Å². The SMILES string of the molecule is O=C(Nc1ccc(Cl)c(COc2ccc(NCCO)nc2)c1)c1cc(F)cc(N2CCOCC2)c1. The largest absolute Gasteiger partial charge is 0.487 e. The molecule has 0 radical (unpaired) electrons.